The van der Waals surface area contributed by atoms with Crippen LogP contribution in [0.1, 0.15) is 49.6 Å². The molecular weight excluding hydrogens is 438 g/mol. The quantitative estimate of drug-likeness (QED) is 0.587. The Kier molecular flexibility index (Phi) is 6.73. The molecule has 2 aromatic heterocycles. The molecule has 35 heavy (non-hydrogen) atoms. The van der Waals surface area contributed by atoms with E-state index in [0.29, 0.717) is 6.04 Å². The Morgan fingerprint density at radius 2 is 1.77 bits per heavy atom. The number of piperidine rings is 1. The molecule has 0 saturated carbocycles. The highest BCUT2D eigenvalue weighted by molar-refractivity contribution is 5.92. The summed E-state index contributed by atoms with van der Waals surface area (Å²) in [6.45, 7) is 12.9. The summed E-state index contributed by atoms with van der Waals surface area (Å²) >= 11 is 0. The third-order valence-electron chi connectivity index (χ3n) is 7.85. The highest BCUT2D eigenvalue weighted by atomic mass is 16.1. The van der Waals surface area contributed by atoms with Crippen molar-refractivity contribution in [1.29, 1.82) is 0 Å². The van der Waals surface area contributed by atoms with Crippen LogP contribution in [0.15, 0.2) is 24.3 Å². The van der Waals surface area contributed by atoms with E-state index < -0.39 is 0 Å². The molecule has 1 unspecified atom stereocenters. The van der Waals surface area contributed by atoms with Gasteiger partial charge in [0.1, 0.15) is 5.52 Å². The van der Waals surface area contributed by atoms with Gasteiger partial charge in [0.15, 0.2) is 5.82 Å². The van der Waals surface area contributed by atoms with E-state index in [4.69, 9.17) is 5.10 Å². The van der Waals surface area contributed by atoms with E-state index in [9.17, 15) is 4.79 Å². The second-order valence-corrected chi connectivity index (χ2v) is 10.1. The number of nitrogens with zero attached hydrogens (tertiary/aromatic N) is 6. The van der Waals surface area contributed by atoms with Crippen molar-refractivity contribution in [2.24, 2.45) is 5.92 Å². The van der Waals surface area contributed by atoms with Gasteiger partial charge in [-0.15, -0.1) is 5.10 Å². The molecule has 1 amide bonds. The molecule has 0 bridgehead atoms. The molecule has 2 aliphatic rings. The first kappa shape index (κ1) is 23.7. The fraction of sp³-hybridized carbons (Fsp3) is 0.556. The lowest BCUT2D eigenvalue weighted by Crippen LogP contribution is -2.45. The topological polar surface area (TPSA) is 79.2 Å². The standard InChI is InChI=1S/C27H37N7O/c1-5-32-14-6-7-23(32)17-28-27(35)21-12-15-33(16-13-21)26-25-24(19(3)29-30-26)20(4)34(31-25)22-10-8-18(2)9-11-22/h8-11,21,23H,5-7,12-17H2,1-4H3,(H,28,35). The fourth-order valence-corrected chi connectivity index (χ4v) is 5.72. The summed E-state index contributed by atoms with van der Waals surface area (Å²) in [5.74, 6) is 1.08. The van der Waals surface area contributed by atoms with E-state index in [0.717, 1.165) is 79.4 Å². The van der Waals surface area contributed by atoms with E-state index in [2.05, 4.69) is 70.4 Å². The first-order valence-corrected chi connectivity index (χ1v) is 13.0. The Hall–Kier alpha value is -3.00. The van der Waals surface area contributed by atoms with E-state index in [-0.39, 0.29) is 11.8 Å². The summed E-state index contributed by atoms with van der Waals surface area (Å²) in [6, 6.07) is 8.90. The molecule has 0 radical (unpaired) electrons. The maximum atomic E-state index is 12.9. The van der Waals surface area contributed by atoms with Crippen molar-refractivity contribution in [3.63, 3.8) is 0 Å². The minimum atomic E-state index is 0.0588. The predicted molar refractivity (Wildman–Crippen MR) is 139 cm³/mol. The largest absolute Gasteiger partial charge is 0.354 e. The van der Waals surface area contributed by atoms with Gasteiger partial charge in [-0.3, -0.25) is 9.69 Å². The first-order chi connectivity index (χ1) is 17.0. The second kappa shape index (κ2) is 9.93. The van der Waals surface area contributed by atoms with Gasteiger partial charge in [0.25, 0.3) is 0 Å². The summed E-state index contributed by atoms with van der Waals surface area (Å²) in [5, 5.41) is 18.3. The highest BCUT2D eigenvalue weighted by Crippen LogP contribution is 2.31. The molecule has 1 aromatic carbocycles. The molecule has 8 heteroatoms. The zero-order chi connectivity index (χ0) is 24.5. The number of hydrogen-bond donors (Lipinski definition) is 1. The molecule has 1 atom stereocenters. The second-order valence-electron chi connectivity index (χ2n) is 10.1. The number of aryl methyl sites for hydroxylation is 3. The fourth-order valence-electron chi connectivity index (χ4n) is 5.72. The van der Waals surface area contributed by atoms with Crippen LogP contribution in [0, 0.1) is 26.7 Å². The number of hydrogen-bond acceptors (Lipinski definition) is 6. The van der Waals surface area contributed by atoms with E-state index in [1.165, 1.54) is 18.4 Å². The lowest BCUT2D eigenvalue weighted by molar-refractivity contribution is -0.125. The van der Waals surface area contributed by atoms with Crippen molar-refractivity contribution in [1.82, 2.24) is 30.2 Å². The molecule has 1 N–H and O–H groups in total. The van der Waals surface area contributed by atoms with Gasteiger partial charge in [-0.05, 0) is 71.7 Å². The van der Waals surface area contributed by atoms with Crippen LogP contribution in [-0.2, 0) is 4.79 Å². The van der Waals surface area contributed by atoms with Crippen molar-refractivity contribution in [3.8, 4) is 5.69 Å². The van der Waals surface area contributed by atoms with Gasteiger partial charge in [-0.1, -0.05) is 24.6 Å². The van der Waals surface area contributed by atoms with Crippen molar-refractivity contribution >= 4 is 22.6 Å². The van der Waals surface area contributed by atoms with E-state index in [1.807, 2.05) is 11.6 Å². The number of likely N-dealkylation sites (N-methyl/N-ethyl adjacent to an activating group) is 1. The number of carbonyl (C=O) groups excluding carboxylic acids is 1. The van der Waals surface area contributed by atoms with Crippen molar-refractivity contribution in [2.45, 2.75) is 59.4 Å². The maximum Gasteiger partial charge on any atom is 0.223 e. The zero-order valence-electron chi connectivity index (χ0n) is 21.4. The Morgan fingerprint density at radius 1 is 1.03 bits per heavy atom. The summed E-state index contributed by atoms with van der Waals surface area (Å²) in [7, 11) is 0. The van der Waals surface area contributed by atoms with Crippen LogP contribution in [0.25, 0.3) is 16.6 Å². The predicted octanol–water partition coefficient (Wildman–Crippen LogP) is 3.56. The minimum absolute atomic E-state index is 0.0588. The van der Waals surface area contributed by atoms with Gasteiger partial charge in [0.05, 0.1) is 22.5 Å². The van der Waals surface area contributed by atoms with Crippen LogP contribution in [0.5, 0.6) is 0 Å². The summed E-state index contributed by atoms with van der Waals surface area (Å²) < 4.78 is 1.99. The molecule has 2 fully saturated rings. The number of anilines is 1. The molecule has 8 nitrogen and oxygen atoms in total. The lowest BCUT2D eigenvalue weighted by atomic mass is 9.95. The molecule has 186 valence electrons. The molecule has 2 saturated heterocycles. The van der Waals surface area contributed by atoms with Gasteiger partial charge in [0, 0.05) is 31.6 Å². The maximum absolute atomic E-state index is 12.9. The Balaban J connectivity index is 1.29. The minimum Gasteiger partial charge on any atom is -0.354 e. The molecule has 0 spiro atoms. The monoisotopic (exact) mass is 475 g/mol. The smallest absolute Gasteiger partial charge is 0.223 e. The van der Waals surface area contributed by atoms with Crippen LogP contribution < -0.4 is 10.2 Å². The summed E-state index contributed by atoms with van der Waals surface area (Å²) in [4.78, 5) is 17.6. The van der Waals surface area contributed by atoms with Crippen LogP contribution >= 0.6 is 0 Å². The molecule has 5 rings (SSSR count). The summed E-state index contributed by atoms with van der Waals surface area (Å²) in [6.07, 6.45) is 4.06. The normalized spacial score (nSPS) is 19.5. The third kappa shape index (κ3) is 4.63. The highest BCUT2D eigenvalue weighted by Gasteiger charge is 2.30. The number of nitrogens with one attached hydrogen (secondary N) is 1. The molecule has 2 aliphatic heterocycles. The zero-order valence-corrected chi connectivity index (χ0v) is 21.4. The number of rotatable bonds is 6. The van der Waals surface area contributed by atoms with Crippen molar-refractivity contribution in [3.05, 3.63) is 41.2 Å². The van der Waals surface area contributed by atoms with Crippen LogP contribution in [0.3, 0.4) is 0 Å². The first-order valence-electron chi connectivity index (χ1n) is 13.0. The summed E-state index contributed by atoms with van der Waals surface area (Å²) in [5.41, 5.74) is 5.11. The number of benzene rings is 1. The molecule has 3 aromatic rings. The van der Waals surface area contributed by atoms with Crippen molar-refractivity contribution < 1.29 is 4.79 Å². The number of amides is 1. The van der Waals surface area contributed by atoms with E-state index >= 15 is 0 Å². The van der Waals surface area contributed by atoms with Gasteiger partial charge in [0.2, 0.25) is 5.91 Å². The number of aromatic nitrogens is 4. The van der Waals surface area contributed by atoms with Gasteiger partial charge < -0.3 is 10.2 Å². The molecule has 4 heterocycles. The Bertz CT molecular complexity index is 1190. The SMILES string of the molecule is CCN1CCCC1CNC(=O)C1CCN(c2nnc(C)c3c(C)n(-c4ccc(C)cc4)nc23)CC1. The lowest BCUT2D eigenvalue weighted by Gasteiger charge is -2.32. The van der Waals surface area contributed by atoms with Gasteiger partial charge >= 0.3 is 0 Å². The number of fused-ring (bicyclic) bond motifs is 1. The van der Waals surface area contributed by atoms with E-state index in [1.54, 1.807) is 0 Å². The molecular formula is C27H37N7O. The van der Waals surface area contributed by atoms with Crippen LogP contribution in [0.2, 0.25) is 0 Å². The number of carbonyl (C=O) groups is 1. The van der Waals surface area contributed by atoms with Crippen molar-refractivity contribution in [2.75, 3.05) is 37.6 Å². The third-order valence-corrected chi connectivity index (χ3v) is 7.85. The van der Waals surface area contributed by atoms with Crippen LogP contribution in [0.4, 0.5) is 5.82 Å². The number of likely N-dealkylation sites (tertiary alicyclic amines) is 1. The van der Waals surface area contributed by atoms with Gasteiger partial charge in [-0.2, -0.15) is 10.2 Å². The van der Waals surface area contributed by atoms with Crippen LogP contribution in [-0.4, -0.2) is 69.6 Å². The van der Waals surface area contributed by atoms with Gasteiger partial charge in [-0.25, -0.2) is 4.68 Å². The Labute approximate surface area is 207 Å². The average molecular weight is 476 g/mol. The molecule has 0 aliphatic carbocycles. The average Bonchev–Trinajstić information content (AvgIpc) is 3.48. The Morgan fingerprint density at radius 3 is 2.49 bits per heavy atom.